The summed E-state index contributed by atoms with van der Waals surface area (Å²) in [6.45, 7) is 6.36. The summed E-state index contributed by atoms with van der Waals surface area (Å²) in [7, 11) is 0. The summed E-state index contributed by atoms with van der Waals surface area (Å²) >= 11 is 0. The van der Waals surface area contributed by atoms with Crippen molar-refractivity contribution in [1.29, 1.82) is 0 Å². The molecule has 0 radical (unpaired) electrons. The molecule has 138 valence electrons. The number of benzene rings is 2. The zero-order valence-corrected chi connectivity index (χ0v) is 15.2. The van der Waals surface area contributed by atoms with Crippen LogP contribution in [0.1, 0.15) is 46.9 Å². The first-order valence-electron chi connectivity index (χ1n) is 8.74. The highest BCUT2D eigenvalue weighted by atomic mass is 16.5. The molecule has 0 unspecified atom stereocenters. The van der Waals surface area contributed by atoms with Gasteiger partial charge in [0, 0.05) is 0 Å². The van der Waals surface area contributed by atoms with Crippen molar-refractivity contribution in [2.24, 2.45) is 0 Å². The fraction of sp³-hybridized carbons (Fsp3) is 0.273. The van der Waals surface area contributed by atoms with Crippen LogP contribution in [0.15, 0.2) is 73.3 Å². The first-order chi connectivity index (χ1) is 12.7. The Balaban J connectivity index is 0.000000263. The third-order valence-electron chi connectivity index (χ3n) is 3.33. The molecule has 0 N–H and O–H groups in total. The fourth-order valence-electron chi connectivity index (χ4n) is 1.97. The van der Waals surface area contributed by atoms with E-state index in [1.165, 1.54) is 0 Å². The third-order valence-corrected chi connectivity index (χ3v) is 3.33. The summed E-state index contributed by atoms with van der Waals surface area (Å²) in [5.41, 5.74) is 1.20. The van der Waals surface area contributed by atoms with Gasteiger partial charge in [-0.2, -0.15) is 0 Å². The van der Waals surface area contributed by atoms with E-state index < -0.39 is 0 Å². The molecule has 0 saturated heterocycles. The van der Waals surface area contributed by atoms with Crippen LogP contribution < -0.4 is 0 Å². The van der Waals surface area contributed by atoms with Gasteiger partial charge >= 0.3 is 11.9 Å². The number of carbonyl (C=O) groups is 2. The molecule has 0 spiro atoms. The summed E-state index contributed by atoms with van der Waals surface area (Å²) in [5, 5.41) is 0. The van der Waals surface area contributed by atoms with E-state index in [4.69, 9.17) is 9.47 Å². The number of hydrogen-bond donors (Lipinski definition) is 0. The van der Waals surface area contributed by atoms with Crippen LogP contribution in [0.25, 0.3) is 0 Å². The first-order valence-corrected chi connectivity index (χ1v) is 8.74. The van der Waals surface area contributed by atoms with E-state index in [1.54, 1.807) is 42.5 Å². The molecule has 2 aromatic rings. The molecule has 0 amide bonds. The van der Waals surface area contributed by atoms with Crippen molar-refractivity contribution < 1.29 is 19.1 Å². The summed E-state index contributed by atoms with van der Waals surface area (Å²) in [4.78, 5) is 22.5. The summed E-state index contributed by atoms with van der Waals surface area (Å²) in [5.74, 6) is -0.530. The highest BCUT2D eigenvalue weighted by molar-refractivity contribution is 5.89. The molecule has 0 aliphatic carbocycles. The molecule has 2 rings (SSSR count). The topological polar surface area (TPSA) is 52.6 Å². The Labute approximate surface area is 155 Å². The van der Waals surface area contributed by atoms with Gasteiger partial charge in [0.1, 0.15) is 6.61 Å². The Bertz CT molecular complexity index is 650. The molecule has 0 heterocycles. The Morgan fingerprint density at radius 3 is 1.81 bits per heavy atom. The van der Waals surface area contributed by atoms with Crippen LogP contribution >= 0.6 is 0 Å². The van der Waals surface area contributed by atoms with Gasteiger partial charge in [-0.1, -0.05) is 68.8 Å². The molecule has 0 aliphatic heterocycles. The molecule has 0 fully saturated rings. The molecule has 0 bridgehead atoms. The largest absolute Gasteiger partial charge is 0.462 e. The van der Waals surface area contributed by atoms with E-state index in [1.807, 2.05) is 24.3 Å². The zero-order valence-electron chi connectivity index (χ0n) is 15.2. The van der Waals surface area contributed by atoms with Gasteiger partial charge < -0.3 is 9.47 Å². The Hall–Kier alpha value is -2.88. The Morgan fingerprint density at radius 1 is 0.846 bits per heavy atom. The lowest BCUT2D eigenvalue weighted by Crippen LogP contribution is -2.05. The predicted molar refractivity (Wildman–Crippen MR) is 103 cm³/mol. The lowest BCUT2D eigenvalue weighted by atomic mass is 10.2. The van der Waals surface area contributed by atoms with Crippen molar-refractivity contribution in [2.75, 3.05) is 13.2 Å². The Morgan fingerprint density at radius 2 is 1.35 bits per heavy atom. The van der Waals surface area contributed by atoms with Gasteiger partial charge in [-0.25, -0.2) is 9.59 Å². The maximum absolute atomic E-state index is 11.4. The summed E-state index contributed by atoms with van der Waals surface area (Å²) in [6, 6.07) is 18.0. The summed E-state index contributed by atoms with van der Waals surface area (Å²) < 4.78 is 9.91. The number of hydrogen-bond acceptors (Lipinski definition) is 4. The van der Waals surface area contributed by atoms with E-state index in [0.717, 1.165) is 19.3 Å². The molecule has 4 heteroatoms. The molecule has 0 aliphatic rings. The van der Waals surface area contributed by atoms with Gasteiger partial charge in [0.25, 0.3) is 0 Å². The second kappa shape index (κ2) is 13.4. The van der Waals surface area contributed by atoms with Crippen LogP contribution in [-0.4, -0.2) is 25.2 Å². The van der Waals surface area contributed by atoms with Crippen LogP contribution in [0.4, 0.5) is 0 Å². The third kappa shape index (κ3) is 8.83. The SMILES string of the molecule is C=CCOC(=O)c1ccccc1.CCCCCOC(=O)c1ccccc1. The van der Waals surface area contributed by atoms with Gasteiger partial charge in [-0.05, 0) is 30.7 Å². The second-order valence-electron chi connectivity index (χ2n) is 5.46. The van der Waals surface area contributed by atoms with E-state index in [0.29, 0.717) is 17.7 Å². The molecule has 0 saturated carbocycles. The van der Waals surface area contributed by atoms with E-state index in [2.05, 4.69) is 13.5 Å². The second-order valence-corrected chi connectivity index (χ2v) is 5.46. The van der Waals surface area contributed by atoms with Gasteiger partial charge in [0.15, 0.2) is 0 Å². The fourth-order valence-corrected chi connectivity index (χ4v) is 1.97. The van der Waals surface area contributed by atoms with Gasteiger partial charge in [0.05, 0.1) is 17.7 Å². The quantitative estimate of drug-likeness (QED) is 0.377. The van der Waals surface area contributed by atoms with E-state index in [9.17, 15) is 9.59 Å². The molecule has 0 atom stereocenters. The molecule has 4 nitrogen and oxygen atoms in total. The average molecular weight is 354 g/mol. The van der Waals surface area contributed by atoms with Crippen LogP contribution in [0.5, 0.6) is 0 Å². The van der Waals surface area contributed by atoms with Crippen molar-refractivity contribution in [3.8, 4) is 0 Å². The summed E-state index contributed by atoms with van der Waals surface area (Å²) in [6.07, 6.45) is 4.75. The van der Waals surface area contributed by atoms with E-state index in [-0.39, 0.29) is 18.5 Å². The normalized spacial score (nSPS) is 9.42. The van der Waals surface area contributed by atoms with Crippen LogP contribution in [0.3, 0.4) is 0 Å². The van der Waals surface area contributed by atoms with Crippen molar-refractivity contribution in [3.05, 3.63) is 84.4 Å². The minimum Gasteiger partial charge on any atom is -0.462 e. The minimum absolute atomic E-state index is 0.221. The number of rotatable bonds is 8. The lowest BCUT2D eigenvalue weighted by Gasteiger charge is -2.03. The predicted octanol–water partition coefficient (Wildman–Crippen LogP) is 5.06. The Kier molecular flexibility index (Phi) is 10.9. The number of ether oxygens (including phenoxy) is 2. The highest BCUT2D eigenvalue weighted by Gasteiger charge is 2.04. The number of esters is 2. The molecular formula is C22H26O4. The maximum atomic E-state index is 11.4. The molecule has 0 aromatic heterocycles. The monoisotopic (exact) mass is 354 g/mol. The van der Waals surface area contributed by atoms with Gasteiger partial charge in [-0.3, -0.25) is 0 Å². The van der Waals surface area contributed by atoms with Gasteiger partial charge in [-0.15, -0.1) is 0 Å². The average Bonchev–Trinajstić information content (AvgIpc) is 2.71. The standard InChI is InChI=1S/C12H16O2.C10H10O2/c1-2-3-7-10-14-12(13)11-8-5-4-6-9-11;1-2-8-12-10(11)9-6-4-3-5-7-9/h4-6,8-9H,2-3,7,10H2,1H3;2-7H,1,8H2. The van der Waals surface area contributed by atoms with Gasteiger partial charge in [0.2, 0.25) is 0 Å². The van der Waals surface area contributed by atoms with E-state index >= 15 is 0 Å². The number of unbranched alkanes of at least 4 members (excludes halogenated alkanes) is 2. The highest BCUT2D eigenvalue weighted by Crippen LogP contribution is 2.03. The lowest BCUT2D eigenvalue weighted by molar-refractivity contribution is 0.0496. The smallest absolute Gasteiger partial charge is 0.338 e. The van der Waals surface area contributed by atoms with Crippen LogP contribution in [0, 0.1) is 0 Å². The van der Waals surface area contributed by atoms with Crippen molar-refractivity contribution in [2.45, 2.75) is 26.2 Å². The maximum Gasteiger partial charge on any atom is 0.338 e. The van der Waals surface area contributed by atoms with Crippen LogP contribution in [0.2, 0.25) is 0 Å². The number of carbonyl (C=O) groups excluding carboxylic acids is 2. The molecule has 2 aromatic carbocycles. The van der Waals surface area contributed by atoms with Crippen molar-refractivity contribution >= 4 is 11.9 Å². The molecular weight excluding hydrogens is 328 g/mol. The first kappa shape index (κ1) is 21.2. The molecule has 26 heavy (non-hydrogen) atoms. The van der Waals surface area contributed by atoms with Crippen molar-refractivity contribution in [3.63, 3.8) is 0 Å². The van der Waals surface area contributed by atoms with Crippen LogP contribution in [-0.2, 0) is 9.47 Å². The zero-order chi connectivity index (χ0) is 19.0. The minimum atomic E-state index is -0.310. The van der Waals surface area contributed by atoms with Crippen molar-refractivity contribution in [1.82, 2.24) is 0 Å².